The van der Waals surface area contributed by atoms with E-state index >= 15 is 0 Å². The van der Waals surface area contributed by atoms with Gasteiger partial charge in [0.15, 0.2) is 6.10 Å². The first-order chi connectivity index (χ1) is 15.2. The van der Waals surface area contributed by atoms with Crippen LogP contribution in [0, 0.1) is 5.92 Å². The molecule has 0 saturated carbocycles. The van der Waals surface area contributed by atoms with Gasteiger partial charge < -0.3 is 4.74 Å². The number of carbonyl (C=O) groups is 2. The number of nitrogens with zero attached hydrogens (tertiary/aromatic N) is 2. The minimum Gasteiger partial charge on any atom is -0.497 e. The summed E-state index contributed by atoms with van der Waals surface area (Å²) in [5.74, 6) is -0.399. The zero-order chi connectivity index (χ0) is 21.4. The van der Waals surface area contributed by atoms with Crippen molar-refractivity contribution in [3.8, 4) is 5.75 Å². The second-order valence-corrected chi connectivity index (χ2v) is 7.68. The molecule has 2 heterocycles. The van der Waals surface area contributed by atoms with E-state index < -0.39 is 18.1 Å². The van der Waals surface area contributed by atoms with Gasteiger partial charge in [-0.15, -0.1) is 0 Å². The van der Waals surface area contributed by atoms with Gasteiger partial charge in [0, 0.05) is 0 Å². The van der Waals surface area contributed by atoms with Crippen molar-refractivity contribution in [3.63, 3.8) is 0 Å². The van der Waals surface area contributed by atoms with Gasteiger partial charge in [-0.05, 0) is 35.4 Å². The third-order valence-electron chi connectivity index (χ3n) is 5.86. The highest BCUT2D eigenvalue weighted by atomic mass is 16.7. The molecule has 0 spiro atoms. The number of fused-ring (bicyclic) bond motifs is 1. The second-order valence-electron chi connectivity index (χ2n) is 7.68. The number of hydrogen-bond donors (Lipinski definition) is 0. The summed E-state index contributed by atoms with van der Waals surface area (Å²) in [5.41, 5.74) is 2.60. The number of para-hydroxylation sites is 1. The number of carbonyl (C=O) groups excluding carboxylic acids is 2. The molecule has 0 aromatic heterocycles. The fraction of sp³-hybridized carbons (Fsp3) is 0.200. The first kappa shape index (κ1) is 19.3. The third kappa shape index (κ3) is 3.35. The predicted molar refractivity (Wildman–Crippen MR) is 115 cm³/mol. The predicted octanol–water partition coefficient (Wildman–Crippen LogP) is 3.74. The summed E-state index contributed by atoms with van der Waals surface area (Å²) < 4.78 is 5.28. The number of anilines is 1. The monoisotopic (exact) mass is 414 g/mol. The lowest BCUT2D eigenvalue weighted by Crippen LogP contribution is -2.36. The number of rotatable bonds is 5. The highest BCUT2D eigenvalue weighted by molar-refractivity contribution is 6.07. The Morgan fingerprint density at radius 2 is 1.48 bits per heavy atom. The first-order valence-corrected chi connectivity index (χ1v) is 10.2. The van der Waals surface area contributed by atoms with E-state index in [1.807, 2.05) is 84.9 Å². The zero-order valence-corrected chi connectivity index (χ0v) is 17.0. The SMILES string of the molecule is COc1ccc([C@H]2[C@H]3C(=O)N(Cc4ccccc4)C(=O)[C@@H]3ON2c2ccccc2)cc1. The van der Waals surface area contributed by atoms with E-state index in [2.05, 4.69) is 0 Å². The topological polar surface area (TPSA) is 59.1 Å². The number of imide groups is 1. The fourth-order valence-electron chi connectivity index (χ4n) is 4.33. The molecule has 2 saturated heterocycles. The number of ether oxygens (including phenoxy) is 1. The van der Waals surface area contributed by atoms with Crippen molar-refractivity contribution in [3.05, 3.63) is 96.1 Å². The van der Waals surface area contributed by atoms with Crippen LogP contribution >= 0.6 is 0 Å². The molecule has 3 aromatic rings. The Labute approximate surface area is 180 Å². The Morgan fingerprint density at radius 3 is 2.13 bits per heavy atom. The molecule has 0 aliphatic carbocycles. The Balaban J connectivity index is 1.52. The van der Waals surface area contributed by atoms with Gasteiger partial charge in [0.1, 0.15) is 11.7 Å². The Bertz CT molecular complexity index is 1090. The first-order valence-electron chi connectivity index (χ1n) is 10.2. The summed E-state index contributed by atoms with van der Waals surface area (Å²) in [6.07, 6.45) is -0.844. The highest BCUT2D eigenvalue weighted by Crippen LogP contribution is 2.47. The maximum absolute atomic E-state index is 13.5. The molecule has 6 nitrogen and oxygen atoms in total. The largest absolute Gasteiger partial charge is 0.497 e. The van der Waals surface area contributed by atoms with E-state index in [-0.39, 0.29) is 18.4 Å². The van der Waals surface area contributed by atoms with Gasteiger partial charge in [-0.3, -0.25) is 19.3 Å². The van der Waals surface area contributed by atoms with E-state index in [4.69, 9.17) is 9.57 Å². The maximum Gasteiger partial charge on any atom is 0.262 e. The average molecular weight is 414 g/mol. The molecule has 3 aromatic carbocycles. The number of benzene rings is 3. The molecule has 6 heteroatoms. The lowest BCUT2D eigenvalue weighted by atomic mass is 9.90. The van der Waals surface area contributed by atoms with Crippen molar-refractivity contribution < 1.29 is 19.2 Å². The number of likely N-dealkylation sites (tertiary alicyclic amines) is 1. The molecule has 156 valence electrons. The van der Waals surface area contributed by atoms with Crippen LogP contribution in [0.15, 0.2) is 84.9 Å². The van der Waals surface area contributed by atoms with Gasteiger partial charge in [-0.2, -0.15) is 0 Å². The van der Waals surface area contributed by atoms with Crippen LogP contribution < -0.4 is 9.80 Å². The molecule has 2 fully saturated rings. The Morgan fingerprint density at radius 1 is 0.839 bits per heavy atom. The van der Waals surface area contributed by atoms with Gasteiger partial charge >= 0.3 is 0 Å². The Hall–Kier alpha value is -3.64. The van der Waals surface area contributed by atoms with Crippen molar-refractivity contribution in [1.82, 2.24) is 4.90 Å². The summed E-state index contributed by atoms with van der Waals surface area (Å²) >= 11 is 0. The quantitative estimate of drug-likeness (QED) is 0.596. The van der Waals surface area contributed by atoms with E-state index in [9.17, 15) is 9.59 Å². The molecule has 31 heavy (non-hydrogen) atoms. The van der Waals surface area contributed by atoms with Gasteiger partial charge in [-0.25, -0.2) is 5.06 Å². The van der Waals surface area contributed by atoms with Crippen LogP contribution in [-0.2, 0) is 21.0 Å². The molecule has 3 atom stereocenters. The van der Waals surface area contributed by atoms with Crippen LogP contribution in [-0.4, -0.2) is 29.9 Å². The van der Waals surface area contributed by atoms with Gasteiger partial charge in [-0.1, -0.05) is 60.7 Å². The van der Waals surface area contributed by atoms with Gasteiger partial charge in [0.25, 0.3) is 5.91 Å². The van der Waals surface area contributed by atoms with Crippen molar-refractivity contribution in [2.24, 2.45) is 5.92 Å². The van der Waals surface area contributed by atoms with E-state index in [1.54, 1.807) is 12.2 Å². The van der Waals surface area contributed by atoms with E-state index in [0.717, 1.165) is 22.6 Å². The van der Waals surface area contributed by atoms with Crippen molar-refractivity contribution in [2.75, 3.05) is 12.2 Å². The van der Waals surface area contributed by atoms with Crippen LogP contribution in [0.1, 0.15) is 17.2 Å². The lowest BCUT2D eigenvalue weighted by Gasteiger charge is -2.28. The summed E-state index contributed by atoms with van der Waals surface area (Å²) in [5, 5.41) is 1.70. The minimum atomic E-state index is -0.844. The summed E-state index contributed by atoms with van der Waals surface area (Å²) in [7, 11) is 1.61. The van der Waals surface area contributed by atoms with Gasteiger partial charge in [0.2, 0.25) is 5.91 Å². The smallest absolute Gasteiger partial charge is 0.262 e. The molecule has 2 aliphatic rings. The maximum atomic E-state index is 13.5. The summed E-state index contributed by atoms with van der Waals surface area (Å²) in [6, 6.07) is 26.2. The van der Waals surface area contributed by atoms with Crippen LogP contribution in [0.2, 0.25) is 0 Å². The molecular formula is C25H22N2O4. The lowest BCUT2D eigenvalue weighted by molar-refractivity contribution is -0.143. The number of amides is 2. The molecule has 2 aliphatic heterocycles. The second kappa shape index (κ2) is 7.89. The molecule has 5 rings (SSSR count). The normalized spacial score (nSPS) is 22.7. The number of hydroxylamine groups is 1. The highest BCUT2D eigenvalue weighted by Gasteiger charge is 2.59. The summed E-state index contributed by atoms with van der Waals surface area (Å²) in [6.45, 7) is 0.246. The van der Waals surface area contributed by atoms with Crippen LogP contribution in [0.5, 0.6) is 5.75 Å². The van der Waals surface area contributed by atoms with E-state index in [1.165, 1.54) is 4.90 Å². The van der Waals surface area contributed by atoms with Crippen molar-refractivity contribution in [2.45, 2.75) is 18.7 Å². The zero-order valence-electron chi connectivity index (χ0n) is 17.0. The molecular weight excluding hydrogens is 392 g/mol. The molecule has 0 radical (unpaired) electrons. The third-order valence-corrected chi connectivity index (χ3v) is 5.86. The van der Waals surface area contributed by atoms with Crippen molar-refractivity contribution in [1.29, 1.82) is 0 Å². The van der Waals surface area contributed by atoms with Crippen LogP contribution in [0.4, 0.5) is 5.69 Å². The average Bonchev–Trinajstić information content (AvgIpc) is 3.32. The number of methoxy groups -OCH3 is 1. The Kier molecular flexibility index (Phi) is 4.92. The molecule has 0 unspecified atom stereocenters. The van der Waals surface area contributed by atoms with Crippen molar-refractivity contribution >= 4 is 17.5 Å². The fourth-order valence-corrected chi connectivity index (χ4v) is 4.33. The molecule has 0 bridgehead atoms. The molecule has 0 N–H and O–H groups in total. The standard InChI is InChI=1S/C25H22N2O4/c1-30-20-14-12-18(13-15-20)22-21-23(31-27(22)19-10-6-3-7-11-19)25(29)26(24(21)28)16-17-8-4-2-5-9-17/h2-15,21-23H,16H2,1H3/t21-,22+,23-/m1/s1. The molecule has 2 amide bonds. The minimum absolute atomic E-state index is 0.210. The van der Waals surface area contributed by atoms with E-state index in [0.29, 0.717) is 0 Å². The van der Waals surface area contributed by atoms with Crippen LogP contribution in [0.3, 0.4) is 0 Å². The summed E-state index contributed by atoms with van der Waals surface area (Å²) in [4.78, 5) is 34.1. The van der Waals surface area contributed by atoms with Gasteiger partial charge in [0.05, 0.1) is 25.4 Å². The van der Waals surface area contributed by atoms with Crippen LogP contribution in [0.25, 0.3) is 0 Å². The number of hydrogen-bond acceptors (Lipinski definition) is 5.